The molecule has 0 aromatic carbocycles. The van der Waals surface area contributed by atoms with Crippen molar-refractivity contribution in [2.24, 2.45) is 10.9 Å². The minimum atomic E-state index is 0.351. The molecule has 0 aromatic rings. The molecule has 0 aromatic heterocycles. The van der Waals surface area contributed by atoms with E-state index in [-0.39, 0.29) is 0 Å². The van der Waals surface area contributed by atoms with E-state index >= 15 is 0 Å². The fourth-order valence-corrected chi connectivity index (χ4v) is 0.980. The number of nitriles is 1. The molecule has 0 aliphatic rings. The largest absolute Gasteiger partial charge is 0.361 e. The lowest BCUT2D eigenvalue weighted by Gasteiger charge is -2.17. The molecule has 0 saturated heterocycles. The zero-order valence-electron chi connectivity index (χ0n) is 7.96. The van der Waals surface area contributed by atoms with Crippen LogP contribution in [0.4, 0.5) is 0 Å². The van der Waals surface area contributed by atoms with E-state index in [9.17, 15) is 0 Å². The molecule has 4 heteroatoms. The lowest BCUT2D eigenvalue weighted by atomic mass is 10.1. The fraction of sp³-hybridized carbons (Fsp3) is 0.750. The Labute approximate surface area is 78.3 Å². The van der Waals surface area contributed by atoms with Crippen LogP contribution in [-0.2, 0) is 0 Å². The van der Waals surface area contributed by atoms with Crippen LogP contribution in [0.2, 0.25) is 0 Å². The van der Waals surface area contributed by atoms with E-state index in [1.54, 1.807) is 6.19 Å². The average molecular weight is 185 g/mol. The number of amidine groups is 1. The SMILES string of the molecule is CSC(=NC#N)N[C@H](C)C(C)C. The number of nitrogens with zero attached hydrogens (tertiary/aromatic N) is 2. The second-order valence-electron chi connectivity index (χ2n) is 2.90. The van der Waals surface area contributed by atoms with Crippen LogP contribution in [0.15, 0.2) is 4.99 Å². The number of nitrogens with one attached hydrogen (secondary N) is 1. The molecule has 0 aliphatic heterocycles. The van der Waals surface area contributed by atoms with Crippen molar-refractivity contribution >= 4 is 16.9 Å². The molecule has 0 fully saturated rings. The summed E-state index contributed by atoms with van der Waals surface area (Å²) in [5.41, 5.74) is 0. The van der Waals surface area contributed by atoms with Crippen molar-refractivity contribution in [1.82, 2.24) is 5.32 Å². The van der Waals surface area contributed by atoms with Gasteiger partial charge in [0.1, 0.15) is 0 Å². The Hall–Kier alpha value is -0.690. The summed E-state index contributed by atoms with van der Waals surface area (Å²) in [5, 5.41) is 12.2. The minimum Gasteiger partial charge on any atom is -0.361 e. The van der Waals surface area contributed by atoms with Crippen molar-refractivity contribution < 1.29 is 0 Å². The van der Waals surface area contributed by atoms with E-state index in [1.165, 1.54) is 11.8 Å². The highest BCUT2D eigenvalue weighted by molar-refractivity contribution is 8.13. The molecular weight excluding hydrogens is 170 g/mol. The summed E-state index contributed by atoms with van der Waals surface area (Å²) < 4.78 is 0. The van der Waals surface area contributed by atoms with E-state index in [0.29, 0.717) is 17.1 Å². The van der Waals surface area contributed by atoms with Gasteiger partial charge in [0, 0.05) is 6.04 Å². The van der Waals surface area contributed by atoms with Crippen molar-refractivity contribution in [3.8, 4) is 6.19 Å². The molecule has 0 radical (unpaired) electrons. The molecule has 0 rings (SSSR count). The van der Waals surface area contributed by atoms with Crippen LogP contribution < -0.4 is 5.32 Å². The van der Waals surface area contributed by atoms with E-state index in [0.717, 1.165) is 0 Å². The topological polar surface area (TPSA) is 48.2 Å². The zero-order valence-corrected chi connectivity index (χ0v) is 8.77. The van der Waals surface area contributed by atoms with Crippen LogP contribution >= 0.6 is 11.8 Å². The number of rotatable bonds is 2. The van der Waals surface area contributed by atoms with Gasteiger partial charge < -0.3 is 5.32 Å². The number of hydrogen-bond acceptors (Lipinski definition) is 3. The Morgan fingerprint density at radius 1 is 1.50 bits per heavy atom. The Bertz CT molecular complexity index is 193. The molecule has 3 nitrogen and oxygen atoms in total. The zero-order chi connectivity index (χ0) is 9.56. The molecular formula is C8H15N3S. The van der Waals surface area contributed by atoms with Gasteiger partial charge in [0.25, 0.3) is 0 Å². The third-order valence-corrected chi connectivity index (χ3v) is 2.29. The summed E-state index contributed by atoms with van der Waals surface area (Å²) in [4.78, 5) is 3.64. The smallest absolute Gasteiger partial charge is 0.208 e. The van der Waals surface area contributed by atoms with Crippen LogP contribution in [-0.4, -0.2) is 17.5 Å². The molecule has 1 N–H and O–H groups in total. The lowest BCUT2D eigenvalue weighted by Crippen LogP contribution is -2.34. The molecule has 0 aliphatic carbocycles. The molecule has 0 heterocycles. The number of thioether (sulfide) groups is 1. The van der Waals surface area contributed by atoms with Gasteiger partial charge in [0.15, 0.2) is 5.17 Å². The second kappa shape index (κ2) is 5.90. The Balaban J connectivity index is 4.05. The fourth-order valence-electron chi connectivity index (χ4n) is 0.544. The second-order valence-corrected chi connectivity index (χ2v) is 3.69. The first-order valence-corrected chi connectivity index (χ1v) is 5.11. The standard InChI is InChI=1S/C8H15N3S/c1-6(2)7(3)11-8(12-4)10-5-9/h6-7H,1-4H3,(H,10,11)/t7-/m1/s1. The van der Waals surface area contributed by atoms with E-state index in [4.69, 9.17) is 5.26 Å². The first-order chi connectivity index (χ1) is 5.61. The summed E-state index contributed by atoms with van der Waals surface area (Å²) in [7, 11) is 0. The molecule has 0 saturated carbocycles. The third-order valence-electron chi connectivity index (χ3n) is 1.70. The van der Waals surface area contributed by atoms with Gasteiger partial charge in [-0.2, -0.15) is 5.26 Å². The van der Waals surface area contributed by atoms with Gasteiger partial charge >= 0.3 is 0 Å². The van der Waals surface area contributed by atoms with Crippen LogP contribution in [0, 0.1) is 17.4 Å². The van der Waals surface area contributed by atoms with Gasteiger partial charge in [0.2, 0.25) is 6.19 Å². The lowest BCUT2D eigenvalue weighted by molar-refractivity contribution is 0.490. The molecule has 1 atom stereocenters. The summed E-state index contributed by atoms with van der Waals surface area (Å²) in [6.07, 6.45) is 3.67. The molecule has 12 heavy (non-hydrogen) atoms. The van der Waals surface area contributed by atoms with Gasteiger partial charge in [-0.25, -0.2) is 0 Å². The van der Waals surface area contributed by atoms with Gasteiger partial charge in [-0.15, -0.1) is 4.99 Å². The van der Waals surface area contributed by atoms with Crippen molar-refractivity contribution in [2.45, 2.75) is 26.8 Å². The summed E-state index contributed by atoms with van der Waals surface area (Å²) in [6.45, 7) is 6.33. The Kier molecular flexibility index (Phi) is 5.56. The highest BCUT2D eigenvalue weighted by Crippen LogP contribution is 2.03. The van der Waals surface area contributed by atoms with Crippen molar-refractivity contribution in [3.05, 3.63) is 0 Å². The predicted octanol–water partition coefficient (Wildman–Crippen LogP) is 1.82. The number of aliphatic imine (C=N–C) groups is 1. The van der Waals surface area contributed by atoms with E-state index in [2.05, 4.69) is 31.1 Å². The highest BCUT2D eigenvalue weighted by Gasteiger charge is 2.07. The number of hydrogen-bond donors (Lipinski definition) is 1. The van der Waals surface area contributed by atoms with Crippen LogP contribution in [0.25, 0.3) is 0 Å². The van der Waals surface area contributed by atoms with Gasteiger partial charge in [-0.3, -0.25) is 0 Å². The summed E-state index contributed by atoms with van der Waals surface area (Å²) in [6, 6.07) is 0.351. The predicted molar refractivity (Wildman–Crippen MR) is 54.0 cm³/mol. The van der Waals surface area contributed by atoms with Crippen LogP contribution in [0.5, 0.6) is 0 Å². The van der Waals surface area contributed by atoms with E-state index < -0.39 is 0 Å². The van der Waals surface area contributed by atoms with Gasteiger partial charge in [-0.05, 0) is 19.1 Å². The van der Waals surface area contributed by atoms with Gasteiger partial charge in [-0.1, -0.05) is 25.6 Å². The monoisotopic (exact) mass is 185 g/mol. The summed E-state index contributed by atoms with van der Waals surface area (Å²) in [5.74, 6) is 0.543. The quantitative estimate of drug-likeness (QED) is 0.405. The normalized spacial score (nSPS) is 14.2. The Morgan fingerprint density at radius 3 is 2.42 bits per heavy atom. The summed E-state index contributed by atoms with van der Waals surface area (Å²) >= 11 is 1.46. The molecule has 68 valence electrons. The molecule has 0 unspecified atom stereocenters. The first kappa shape index (κ1) is 11.3. The maximum atomic E-state index is 8.33. The minimum absolute atomic E-state index is 0.351. The Morgan fingerprint density at radius 2 is 2.08 bits per heavy atom. The maximum Gasteiger partial charge on any atom is 0.208 e. The maximum absolute atomic E-state index is 8.33. The third kappa shape index (κ3) is 4.24. The van der Waals surface area contributed by atoms with Crippen LogP contribution in [0.1, 0.15) is 20.8 Å². The van der Waals surface area contributed by atoms with Crippen molar-refractivity contribution in [3.63, 3.8) is 0 Å². The molecule has 0 spiro atoms. The molecule has 0 amide bonds. The average Bonchev–Trinajstić information content (AvgIpc) is 2.03. The van der Waals surface area contributed by atoms with Crippen LogP contribution in [0.3, 0.4) is 0 Å². The highest BCUT2D eigenvalue weighted by atomic mass is 32.2. The van der Waals surface area contributed by atoms with Crippen molar-refractivity contribution in [2.75, 3.05) is 6.26 Å². The first-order valence-electron chi connectivity index (χ1n) is 3.89. The molecule has 0 bridgehead atoms. The van der Waals surface area contributed by atoms with Crippen molar-refractivity contribution in [1.29, 1.82) is 5.26 Å². The van der Waals surface area contributed by atoms with Gasteiger partial charge in [0.05, 0.1) is 0 Å². The van der Waals surface area contributed by atoms with E-state index in [1.807, 2.05) is 6.26 Å².